The first-order chi connectivity index (χ1) is 13.8. The number of furan rings is 1. The molecule has 0 N–H and O–H groups in total. The highest BCUT2D eigenvalue weighted by Gasteiger charge is 2.30. The van der Waals surface area contributed by atoms with E-state index in [1.807, 2.05) is 6.26 Å². The van der Waals surface area contributed by atoms with Crippen LogP contribution in [0.25, 0.3) is 22.1 Å². The Kier molecular flexibility index (Phi) is 3.51. The van der Waals surface area contributed by atoms with Gasteiger partial charge in [0.2, 0.25) is 0 Å². The van der Waals surface area contributed by atoms with Crippen molar-refractivity contribution in [3.63, 3.8) is 0 Å². The third-order valence-corrected chi connectivity index (χ3v) is 6.64. The van der Waals surface area contributed by atoms with E-state index in [-0.39, 0.29) is 0 Å². The van der Waals surface area contributed by atoms with E-state index in [9.17, 15) is 0 Å². The molecule has 1 unspecified atom stereocenters. The average Bonchev–Trinajstić information content (AvgIpc) is 3.30. The Morgan fingerprint density at radius 3 is 2.75 bits per heavy atom. The first kappa shape index (κ1) is 16.1. The Morgan fingerprint density at radius 1 is 0.857 bits per heavy atom. The van der Waals surface area contributed by atoms with Crippen molar-refractivity contribution in [2.24, 2.45) is 0 Å². The van der Waals surface area contributed by atoms with Gasteiger partial charge in [0, 0.05) is 30.0 Å². The predicted molar refractivity (Wildman–Crippen MR) is 114 cm³/mol. The van der Waals surface area contributed by atoms with Crippen LogP contribution in [0.15, 0.2) is 71.3 Å². The first-order valence-corrected chi connectivity index (χ1v) is 10.2. The third kappa shape index (κ3) is 2.31. The van der Waals surface area contributed by atoms with E-state index in [1.54, 1.807) is 11.1 Å². The van der Waals surface area contributed by atoms with Crippen LogP contribution >= 0.6 is 0 Å². The van der Waals surface area contributed by atoms with Gasteiger partial charge in [-0.05, 0) is 59.3 Å². The zero-order valence-corrected chi connectivity index (χ0v) is 16.1. The largest absolute Gasteiger partial charge is 0.464 e. The smallest absolute Gasteiger partial charge is 0.137 e. The SMILES string of the molecule is CN1CCc2c(ccc3c2Cc2ccccc2-3)C(c2cccc3ccoc23)C1. The summed E-state index contributed by atoms with van der Waals surface area (Å²) < 4.78 is 5.92. The van der Waals surface area contributed by atoms with Crippen LogP contribution < -0.4 is 0 Å². The summed E-state index contributed by atoms with van der Waals surface area (Å²) in [6.45, 7) is 2.13. The number of fused-ring (bicyclic) bond motifs is 6. The molecule has 2 aliphatic rings. The second kappa shape index (κ2) is 6.08. The van der Waals surface area contributed by atoms with Gasteiger partial charge >= 0.3 is 0 Å². The molecule has 0 fully saturated rings. The molecule has 1 aliphatic heterocycles. The Balaban J connectivity index is 1.56. The second-order valence-corrected chi connectivity index (χ2v) is 8.24. The molecule has 138 valence electrons. The van der Waals surface area contributed by atoms with Gasteiger partial charge < -0.3 is 9.32 Å². The van der Waals surface area contributed by atoms with E-state index in [0.29, 0.717) is 5.92 Å². The molecule has 2 heterocycles. The summed E-state index contributed by atoms with van der Waals surface area (Å²) in [5.74, 6) is 0.339. The summed E-state index contributed by atoms with van der Waals surface area (Å²) in [6, 6.07) is 22.3. The normalized spacial score (nSPS) is 18.5. The fourth-order valence-electron chi connectivity index (χ4n) is 5.28. The highest BCUT2D eigenvalue weighted by molar-refractivity contribution is 5.82. The quantitative estimate of drug-likeness (QED) is 0.383. The van der Waals surface area contributed by atoms with Crippen molar-refractivity contribution < 1.29 is 4.42 Å². The van der Waals surface area contributed by atoms with Crippen molar-refractivity contribution in [2.75, 3.05) is 20.1 Å². The summed E-state index contributed by atoms with van der Waals surface area (Å²) in [4.78, 5) is 2.47. The predicted octanol–water partition coefficient (Wildman–Crippen LogP) is 5.62. The zero-order valence-electron chi connectivity index (χ0n) is 16.1. The number of likely N-dealkylation sites (N-methyl/N-ethyl adjacent to an activating group) is 1. The van der Waals surface area contributed by atoms with Gasteiger partial charge in [-0.15, -0.1) is 0 Å². The molecule has 2 nitrogen and oxygen atoms in total. The van der Waals surface area contributed by atoms with Crippen molar-refractivity contribution in [3.05, 3.63) is 94.7 Å². The van der Waals surface area contributed by atoms with Crippen LogP contribution in [0.4, 0.5) is 0 Å². The summed E-state index contributed by atoms with van der Waals surface area (Å²) in [5, 5.41) is 1.19. The molecule has 0 saturated carbocycles. The number of benzene rings is 3. The lowest BCUT2D eigenvalue weighted by Crippen LogP contribution is -2.24. The van der Waals surface area contributed by atoms with Crippen LogP contribution in [0.1, 0.15) is 33.7 Å². The van der Waals surface area contributed by atoms with Crippen molar-refractivity contribution in [1.29, 1.82) is 0 Å². The second-order valence-electron chi connectivity index (χ2n) is 8.24. The van der Waals surface area contributed by atoms with Crippen molar-refractivity contribution in [1.82, 2.24) is 4.90 Å². The number of rotatable bonds is 1. The average molecular weight is 365 g/mol. The standard InChI is InChI=1S/C26H23NO/c1-27-13-11-22-21(10-9-20-19-7-3-2-5-18(19)15-24(20)22)25(16-27)23-8-4-6-17-12-14-28-26(17)23/h2-10,12,14,25H,11,13,15-16H2,1H3. The summed E-state index contributed by atoms with van der Waals surface area (Å²) in [5.41, 5.74) is 11.3. The van der Waals surface area contributed by atoms with Crippen molar-refractivity contribution >= 4 is 11.0 Å². The molecule has 0 amide bonds. The maximum atomic E-state index is 5.92. The maximum Gasteiger partial charge on any atom is 0.137 e. The molecule has 6 rings (SSSR count). The molecule has 3 aromatic carbocycles. The molecule has 1 atom stereocenters. The zero-order chi connectivity index (χ0) is 18.7. The van der Waals surface area contributed by atoms with Crippen molar-refractivity contribution in [2.45, 2.75) is 18.8 Å². The van der Waals surface area contributed by atoms with Gasteiger partial charge in [-0.25, -0.2) is 0 Å². The van der Waals surface area contributed by atoms with E-state index in [1.165, 1.54) is 33.2 Å². The Bertz CT molecular complexity index is 1200. The van der Waals surface area contributed by atoms with Crippen LogP contribution in [0.3, 0.4) is 0 Å². The molecule has 0 saturated heterocycles. The summed E-state index contributed by atoms with van der Waals surface area (Å²) in [6.07, 6.45) is 4.00. The van der Waals surface area contributed by atoms with Gasteiger partial charge in [-0.2, -0.15) is 0 Å². The number of para-hydroxylation sites is 1. The highest BCUT2D eigenvalue weighted by Crippen LogP contribution is 2.43. The minimum absolute atomic E-state index is 0.339. The molecular weight excluding hydrogens is 342 g/mol. The molecule has 0 bridgehead atoms. The Morgan fingerprint density at radius 2 is 1.79 bits per heavy atom. The van der Waals surface area contributed by atoms with Crippen LogP contribution in [-0.4, -0.2) is 25.0 Å². The fourth-order valence-corrected chi connectivity index (χ4v) is 5.28. The molecule has 1 aliphatic carbocycles. The van der Waals surface area contributed by atoms with E-state index < -0.39 is 0 Å². The monoisotopic (exact) mass is 365 g/mol. The molecule has 0 spiro atoms. The minimum atomic E-state index is 0.339. The van der Waals surface area contributed by atoms with Gasteiger partial charge in [0.25, 0.3) is 0 Å². The lowest BCUT2D eigenvalue weighted by Gasteiger charge is -2.23. The molecular formula is C26H23NO. The van der Waals surface area contributed by atoms with E-state index in [2.05, 4.69) is 72.6 Å². The van der Waals surface area contributed by atoms with Crippen molar-refractivity contribution in [3.8, 4) is 11.1 Å². The molecule has 1 aromatic heterocycles. The van der Waals surface area contributed by atoms with E-state index in [4.69, 9.17) is 4.42 Å². The van der Waals surface area contributed by atoms with Crippen LogP contribution in [0, 0.1) is 0 Å². The first-order valence-electron chi connectivity index (χ1n) is 10.2. The fraction of sp³-hybridized carbons (Fsp3) is 0.231. The third-order valence-electron chi connectivity index (χ3n) is 6.64. The summed E-state index contributed by atoms with van der Waals surface area (Å²) in [7, 11) is 2.25. The molecule has 0 radical (unpaired) electrons. The van der Waals surface area contributed by atoms with Crippen LogP contribution in [0.5, 0.6) is 0 Å². The Hall–Kier alpha value is -2.84. The van der Waals surface area contributed by atoms with Gasteiger partial charge in [0.1, 0.15) is 5.58 Å². The molecule has 4 aromatic rings. The summed E-state index contributed by atoms with van der Waals surface area (Å²) >= 11 is 0. The van der Waals surface area contributed by atoms with E-state index in [0.717, 1.165) is 31.5 Å². The minimum Gasteiger partial charge on any atom is -0.464 e. The van der Waals surface area contributed by atoms with E-state index >= 15 is 0 Å². The molecule has 2 heteroatoms. The number of nitrogens with zero attached hydrogens (tertiary/aromatic N) is 1. The Labute approximate surface area is 165 Å². The van der Waals surface area contributed by atoms with Crippen LogP contribution in [-0.2, 0) is 12.8 Å². The number of hydrogen-bond acceptors (Lipinski definition) is 2. The molecule has 28 heavy (non-hydrogen) atoms. The topological polar surface area (TPSA) is 16.4 Å². The highest BCUT2D eigenvalue weighted by atomic mass is 16.3. The number of hydrogen-bond donors (Lipinski definition) is 0. The van der Waals surface area contributed by atoms with Crippen LogP contribution in [0.2, 0.25) is 0 Å². The van der Waals surface area contributed by atoms with Gasteiger partial charge in [-0.3, -0.25) is 0 Å². The lowest BCUT2D eigenvalue weighted by atomic mass is 9.84. The van der Waals surface area contributed by atoms with Gasteiger partial charge in [-0.1, -0.05) is 54.6 Å². The maximum absolute atomic E-state index is 5.92. The lowest BCUT2D eigenvalue weighted by molar-refractivity contribution is 0.338. The van der Waals surface area contributed by atoms with Gasteiger partial charge in [0.05, 0.1) is 6.26 Å². The van der Waals surface area contributed by atoms with Gasteiger partial charge in [0.15, 0.2) is 0 Å².